The number of aromatic hydroxyl groups is 1. The van der Waals surface area contributed by atoms with E-state index in [1.807, 2.05) is 30.3 Å². The molecule has 2 bridgehead atoms. The molecule has 3 aromatic heterocycles. The van der Waals surface area contributed by atoms with Gasteiger partial charge in [0.05, 0.1) is 34.6 Å². The molecule has 356 valence electrons. The number of urea groups is 1. The van der Waals surface area contributed by atoms with Gasteiger partial charge in [-0.15, -0.1) is 10.2 Å². The number of fused-ring (bicyclic) bond motifs is 3. The van der Waals surface area contributed by atoms with Crippen LogP contribution < -0.4 is 30.7 Å². The molecular formula is C52H62FN11O4. The van der Waals surface area contributed by atoms with E-state index >= 15 is 4.39 Å². The number of nitrogen functional groups attached to an aromatic ring is 1. The zero-order chi connectivity index (χ0) is 46.3. The molecule has 7 aliphatic rings. The molecule has 5 saturated heterocycles. The van der Waals surface area contributed by atoms with Gasteiger partial charge in [0.25, 0.3) is 0 Å². The minimum atomic E-state index is -0.804. The highest BCUT2D eigenvalue weighted by atomic mass is 19.1. The summed E-state index contributed by atoms with van der Waals surface area (Å²) < 4.78 is 18.1. The summed E-state index contributed by atoms with van der Waals surface area (Å²) in [6.07, 6.45) is 16.9. The summed E-state index contributed by atoms with van der Waals surface area (Å²) >= 11 is 0. The fourth-order valence-electron chi connectivity index (χ4n) is 12.9. The predicted octanol–water partition coefficient (Wildman–Crippen LogP) is 7.33. The lowest BCUT2D eigenvalue weighted by molar-refractivity contribution is -0.120. The molecule has 8 heterocycles. The molecule has 12 rings (SSSR count). The van der Waals surface area contributed by atoms with Crippen molar-refractivity contribution in [2.45, 2.75) is 113 Å². The van der Waals surface area contributed by atoms with E-state index in [2.05, 4.69) is 51.9 Å². The van der Waals surface area contributed by atoms with Gasteiger partial charge in [0.15, 0.2) is 5.82 Å². The second kappa shape index (κ2) is 16.9. The number of nitrogens with zero attached hydrogens (tertiary/aromatic N) is 9. The zero-order valence-corrected chi connectivity index (χ0v) is 38.7. The summed E-state index contributed by atoms with van der Waals surface area (Å²) in [5.41, 5.74) is 12.7. The van der Waals surface area contributed by atoms with Crippen LogP contribution in [0.5, 0.6) is 5.75 Å². The highest BCUT2D eigenvalue weighted by Gasteiger charge is 2.44. The maximum atomic E-state index is 15.7. The SMILES string of the molecule is Nc1nnc(-c2ccccc2O)cc1N1CC2CCC(C1)N2c1ccc(F)c(N2CCC(O)(CN3CCC4(CCC(n5cc(C6CC6)c6cc(N7CCC(=O)NC7=O)cnc65)CC4)CC3)CC2)c1. The number of piperazine rings is 1. The van der Waals surface area contributed by atoms with Crippen molar-refractivity contribution >= 4 is 51.5 Å². The lowest BCUT2D eigenvalue weighted by atomic mass is 9.66. The van der Waals surface area contributed by atoms with Crippen LogP contribution in [0.4, 0.5) is 37.8 Å². The first-order valence-corrected chi connectivity index (χ1v) is 25.0. The van der Waals surface area contributed by atoms with Crippen LogP contribution in [0.15, 0.2) is 67.0 Å². The number of carbonyl (C=O) groups is 2. The number of β-amino-alcohol motifs (C(OH)–C–C–N with tert-alkyl or cyclic N) is 1. The smallest absolute Gasteiger partial charge is 0.328 e. The van der Waals surface area contributed by atoms with Crippen LogP contribution in [0.3, 0.4) is 0 Å². The second-order valence-corrected chi connectivity index (χ2v) is 21.2. The van der Waals surface area contributed by atoms with Crippen molar-refractivity contribution in [2.24, 2.45) is 5.41 Å². The molecule has 7 fully saturated rings. The number of phenols is 1. The largest absolute Gasteiger partial charge is 0.507 e. The number of hydrogen-bond donors (Lipinski definition) is 4. The number of carbonyl (C=O) groups excluding carboxylic acids is 2. The third kappa shape index (κ3) is 7.96. The highest BCUT2D eigenvalue weighted by Crippen LogP contribution is 2.51. The van der Waals surface area contributed by atoms with Crippen LogP contribution in [-0.2, 0) is 4.79 Å². The van der Waals surface area contributed by atoms with Gasteiger partial charge >= 0.3 is 6.03 Å². The Labute approximate surface area is 396 Å². The summed E-state index contributed by atoms with van der Waals surface area (Å²) in [4.78, 5) is 40.4. The van der Waals surface area contributed by atoms with E-state index in [1.165, 1.54) is 31.2 Å². The number of hydrogen-bond acceptors (Lipinski definition) is 12. The number of aromatic nitrogens is 4. The van der Waals surface area contributed by atoms with Crippen molar-refractivity contribution < 1.29 is 24.2 Å². The molecule has 5 aliphatic heterocycles. The number of phenolic OH excluding ortho intramolecular Hbond substituents is 1. The van der Waals surface area contributed by atoms with Crippen LogP contribution in [0, 0.1) is 11.2 Å². The van der Waals surface area contributed by atoms with Gasteiger partial charge in [0.1, 0.15) is 17.2 Å². The number of amides is 3. The third-order valence-electron chi connectivity index (χ3n) is 17.0. The standard InChI is InChI=1S/C52H62FN11O4/c53-42-10-9-35(64-36-7-8-37(64)30-61(29-36)45-27-43(57-58-48(45)54)39-3-1-2-4-46(39)65)26-44(42)60-23-18-52(68,19-24-60)32-59-21-16-51(17-22-59)14-11-34(12-15-51)63-31-41(33-5-6-33)40-25-38(28-55-49(40)63)62-20-13-47(66)56-50(62)67/h1-4,9-10,25-28,31,33-34,36-37,65,68H,5-8,11-24,29-30,32H2,(H2,54,58)(H,56,66,67). The summed E-state index contributed by atoms with van der Waals surface area (Å²) in [6, 6.07) is 17.2. The molecule has 1 spiro atoms. The van der Waals surface area contributed by atoms with Gasteiger partial charge in [0, 0.05) is 86.6 Å². The lowest BCUT2D eigenvalue weighted by Crippen LogP contribution is -2.54. The first-order chi connectivity index (χ1) is 33.0. The molecule has 2 aliphatic carbocycles. The van der Waals surface area contributed by atoms with E-state index in [9.17, 15) is 19.8 Å². The van der Waals surface area contributed by atoms with Gasteiger partial charge in [-0.25, -0.2) is 14.2 Å². The maximum Gasteiger partial charge on any atom is 0.328 e. The predicted molar refractivity (Wildman–Crippen MR) is 261 cm³/mol. The van der Waals surface area contributed by atoms with Crippen molar-refractivity contribution in [2.75, 3.05) is 77.7 Å². The highest BCUT2D eigenvalue weighted by molar-refractivity contribution is 6.06. The maximum absolute atomic E-state index is 15.7. The van der Waals surface area contributed by atoms with Crippen LogP contribution >= 0.6 is 0 Å². The fourth-order valence-corrected chi connectivity index (χ4v) is 12.9. The van der Waals surface area contributed by atoms with Gasteiger partial charge in [-0.2, -0.15) is 0 Å². The summed E-state index contributed by atoms with van der Waals surface area (Å²) in [5.74, 6) is 0.592. The van der Waals surface area contributed by atoms with Gasteiger partial charge in [-0.3, -0.25) is 15.0 Å². The van der Waals surface area contributed by atoms with Crippen LogP contribution in [0.25, 0.3) is 22.3 Å². The van der Waals surface area contributed by atoms with Gasteiger partial charge in [-0.1, -0.05) is 12.1 Å². The quantitative estimate of drug-likeness (QED) is 0.116. The lowest BCUT2D eigenvalue weighted by Gasteiger charge is -2.48. The Morgan fingerprint density at radius 1 is 0.779 bits per heavy atom. The molecule has 5 N–H and O–H groups in total. The molecule has 5 aromatic rings. The Morgan fingerprint density at radius 2 is 1.53 bits per heavy atom. The van der Waals surface area contributed by atoms with E-state index in [0.29, 0.717) is 85.6 Å². The van der Waals surface area contributed by atoms with Crippen molar-refractivity contribution in [3.8, 4) is 17.0 Å². The number of benzene rings is 2. The molecule has 2 atom stereocenters. The molecule has 16 heteroatoms. The number of pyridine rings is 1. The van der Waals surface area contributed by atoms with Crippen molar-refractivity contribution in [3.63, 3.8) is 0 Å². The van der Waals surface area contributed by atoms with Gasteiger partial charge < -0.3 is 40.1 Å². The average Bonchev–Trinajstić information content (AvgIpc) is 4.07. The Kier molecular flexibility index (Phi) is 10.8. The zero-order valence-electron chi connectivity index (χ0n) is 38.7. The monoisotopic (exact) mass is 923 g/mol. The topological polar surface area (TPSA) is 172 Å². The summed E-state index contributed by atoms with van der Waals surface area (Å²) in [7, 11) is 0. The molecule has 2 aromatic carbocycles. The van der Waals surface area contributed by atoms with Crippen LogP contribution in [0.2, 0.25) is 0 Å². The first kappa shape index (κ1) is 43.3. The van der Waals surface area contributed by atoms with E-state index in [1.54, 1.807) is 29.3 Å². The number of nitrogens with two attached hydrogens (primary N) is 1. The number of likely N-dealkylation sites (tertiary alicyclic amines) is 1. The van der Waals surface area contributed by atoms with Gasteiger partial charge in [-0.05, 0) is 150 Å². The molecule has 15 nitrogen and oxygen atoms in total. The molecular weight excluding hydrogens is 862 g/mol. The number of imide groups is 1. The second-order valence-electron chi connectivity index (χ2n) is 21.2. The Hall–Kier alpha value is -6.00. The number of halogens is 1. The third-order valence-corrected chi connectivity index (χ3v) is 17.0. The fraction of sp³-hybridized carbons (Fsp3) is 0.519. The van der Waals surface area contributed by atoms with E-state index in [-0.39, 0.29) is 35.6 Å². The summed E-state index contributed by atoms with van der Waals surface area (Å²) in [5, 5.41) is 34.6. The van der Waals surface area contributed by atoms with Crippen LogP contribution in [-0.4, -0.2) is 117 Å². The molecule has 2 unspecified atom stereocenters. The number of para-hydroxylation sites is 1. The Balaban J connectivity index is 0.648. The number of aliphatic hydroxyl groups is 1. The molecule has 3 amide bonds. The van der Waals surface area contributed by atoms with E-state index < -0.39 is 5.60 Å². The van der Waals surface area contributed by atoms with Crippen molar-refractivity contribution in [1.82, 2.24) is 30.0 Å². The van der Waals surface area contributed by atoms with E-state index in [0.717, 1.165) is 92.8 Å². The Bertz CT molecular complexity index is 2740. The number of nitrogens with one attached hydrogen (secondary N) is 1. The number of rotatable bonds is 9. The summed E-state index contributed by atoms with van der Waals surface area (Å²) in [6.45, 7) is 5.70. The van der Waals surface area contributed by atoms with Crippen molar-refractivity contribution in [3.05, 3.63) is 78.4 Å². The molecule has 0 radical (unpaired) electrons. The first-order valence-electron chi connectivity index (χ1n) is 25.0. The minimum absolute atomic E-state index is 0.146. The average molecular weight is 924 g/mol. The Morgan fingerprint density at radius 3 is 2.25 bits per heavy atom. The number of piperidine rings is 2. The minimum Gasteiger partial charge on any atom is -0.507 e. The van der Waals surface area contributed by atoms with Crippen molar-refractivity contribution in [1.29, 1.82) is 0 Å². The molecule has 68 heavy (non-hydrogen) atoms. The van der Waals surface area contributed by atoms with Gasteiger partial charge in [0.2, 0.25) is 5.91 Å². The van der Waals surface area contributed by atoms with E-state index in [4.69, 9.17) is 10.7 Å². The van der Waals surface area contributed by atoms with Crippen LogP contribution in [0.1, 0.15) is 101 Å². The normalized spacial score (nSPS) is 24.3. The molecule has 2 saturated carbocycles. The number of anilines is 5.